The number of hydrogen-bond donors (Lipinski definition) is 1. The maximum Gasteiger partial charge on any atom is 0.237 e. The van der Waals surface area contributed by atoms with E-state index in [0.717, 1.165) is 35.0 Å². The van der Waals surface area contributed by atoms with E-state index in [4.69, 9.17) is 0 Å². The minimum atomic E-state index is -0.502. The number of amides is 1. The molecule has 1 unspecified atom stereocenters. The number of fused-ring (bicyclic) bond motifs is 4. The SMILES string of the molecule is CC.Cc1ccc2cc3c(cc2n1)CC1(C3)C(=O)Nc2ncccc21. The number of rotatable bonds is 0. The van der Waals surface area contributed by atoms with E-state index in [2.05, 4.69) is 33.5 Å². The van der Waals surface area contributed by atoms with Gasteiger partial charge < -0.3 is 5.32 Å². The van der Waals surface area contributed by atoms with Crippen LogP contribution in [0, 0.1) is 6.92 Å². The predicted octanol–water partition coefficient (Wildman–Crippen LogP) is 3.95. The van der Waals surface area contributed by atoms with Crippen molar-refractivity contribution < 1.29 is 4.79 Å². The van der Waals surface area contributed by atoms with Crippen LogP contribution in [0.2, 0.25) is 0 Å². The first-order valence-corrected chi connectivity index (χ1v) is 8.82. The summed E-state index contributed by atoms with van der Waals surface area (Å²) in [6.07, 6.45) is 3.18. The summed E-state index contributed by atoms with van der Waals surface area (Å²) in [5, 5.41) is 4.09. The Labute approximate surface area is 147 Å². The van der Waals surface area contributed by atoms with Crippen molar-refractivity contribution in [3.8, 4) is 0 Å². The summed E-state index contributed by atoms with van der Waals surface area (Å²) >= 11 is 0. The topological polar surface area (TPSA) is 54.9 Å². The zero-order valence-electron chi connectivity index (χ0n) is 14.8. The van der Waals surface area contributed by atoms with Crippen molar-refractivity contribution in [2.75, 3.05) is 5.32 Å². The standard InChI is InChI=1S/C19H15N3O.C2H6/c1-11-4-5-12-7-13-9-19(10-14(13)8-16(12)21-11)15-3-2-6-20-17(15)22-18(19)23;1-2/h2-8H,9-10H2,1H3,(H,20,22,23);1-2H3. The third-order valence-electron chi connectivity index (χ3n) is 5.12. The second kappa shape index (κ2) is 5.66. The number of carbonyl (C=O) groups is 1. The Bertz CT molecular complexity index is 996. The van der Waals surface area contributed by atoms with E-state index in [9.17, 15) is 4.79 Å². The van der Waals surface area contributed by atoms with Gasteiger partial charge in [0.2, 0.25) is 5.91 Å². The summed E-state index contributed by atoms with van der Waals surface area (Å²) in [6.45, 7) is 6.00. The van der Waals surface area contributed by atoms with E-state index in [-0.39, 0.29) is 5.91 Å². The molecule has 2 aliphatic rings. The average Bonchev–Trinajstić information content (AvgIpc) is 3.13. The van der Waals surface area contributed by atoms with Crippen LogP contribution in [-0.2, 0) is 23.1 Å². The lowest BCUT2D eigenvalue weighted by molar-refractivity contribution is -0.120. The monoisotopic (exact) mass is 331 g/mol. The van der Waals surface area contributed by atoms with Gasteiger partial charge in [0.15, 0.2) is 0 Å². The molecule has 1 aliphatic heterocycles. The van der Waals surface area contributed by atoms with E-state index in [1.807, 2.05) is 39.0 Å². The van der Waals surface area contributed by atoms with E-state index in [1.165, 1.54) is 11.1 Å². The van der Waals surface area contributed by atoms with Crippen molar-refractivity contribution in [1.29, 1.82) is 0 Å². The lowest BCUT2D eigenvalue weighted by atomic mass is 9.79. The molecule has 1 aromatic carbocycles. The number of anilines is 1. The van der Waals surface area contributed by atoms with Crippen molar-refractivity contribution in [2.45, 2.75) is 39.0 Å². The number of nitrogens with one attached hydrogen (secondary N) is 1. The van der Waals surface area contributed by atoms with Crippen LogP contribution >= 0.6 is 0 Å². The average molecular weight is 331 g/mol. The smallest absolute Gasteiger partial charge is 0.237 e. The first-order valence-electron chi connectivity index (χ1n) is 8.82. The fraction of sp³-hybridized carbons (Fsp3) is 0.286. The Morgan fingerprint density at radius 1 is 1.08 bits per heavy atom. The molecule has 4 nitrogen and oxygen atoms in total. The third kappa shape index (κ3) is 2.24. The van der Waals surface area contributed by atoms with Crippen molar-refractivity contribution in [2.24, 2.45) is 0 Å². The molecule has 1 N–H and O–H groups in total. The summed E-state index contributed by atoms with van der Waals surface area (Å²) < 4.78 is 0. The van der Waals surface area contributed by atoms with Gasteiger partial charge in [0.1, 0.15) is 5.82 Å². The highest BCUT2D eigenvalue weighted by atomic mass is 16.2. The molecule has 0 fully saturated rings. The van der Waals surface area contributed by atoms with Gasteiger partial charge in [0, 0.05) is 22.8 Å². The van der Waals surface area contributed by atoms with Crippen LogP contribution in [0.4, 0.5) is 5.82 Å². The van der Waals surface area contributed by atoms with Crippen molar-refractivity contribution in [3.05, 3.63) is 65.0 Å². The number of pyridine rings is 2. The van der Waals surface area contributed by atoms with Gasteiger partial charge in [-0.1, -0.05) is 26.0 Å². The number of hydrogen-bond acceptors (Lipinski definition) is 3. The van der Waals surface area contributed by atoms with Crippen LogP contribution in [0.15, 0.2) is 42.6 Å². The van der Waals surface area contributed by atoms with Crippen LogP contribution in [0.5, 0.6) is 0 Å². The highest BCUT2D eigenvalue weighted by Gasteiger charge is 2.51. The quantitative estimate of drug-likeness (QED) is 0.678. The van der Waals surface area contributed by atoms with Gasteiger partial charge in [0.25, 0.3) is 0 Å². The molecule has 0 radical (unpaired) electrons. The van der Waals surface area contributed by atoms with Gasteiger partial charge in [0.05, 0.1) is 10.9 Å². The first kappa shape index (κ1) is 15.8. The molecule has 1 aliphatic carbocycles. The van der Waals surface area contributed by atoms with Crippen LogP contribution in [0.3, 0.4) is 0 Å². The Morgan fingerprint density at radius 3 is 2.64 bits per heavy atom. The molecular formula is C21H21N3O. The fourth-order valence-electron chi connectivity index (χ4n) is 4.00. The second-order valence-corrected chi connectivity index (χ2v) is 6.56. The molecule has 0 bridgehead atoms. The number of benzene rings is 1. The Morgan fingerprint density at radius 2 is 1.84 bits per heavy atom. The molecule has 3 aromatic rings. The lowest BCUT2D eigenvalue weighted by Crippen LogP contribution is -2.35. The summed E-state index contributed by atoms with van der Waals surface area (Å²) in [7, 11) is 0. The van der Waals surface area contributed by atoms with Crippen molar-refractivity contribution in [3.63, 3.8) is 0 Å². The van der Waals surface area contributed by atoms with Crippen molar-refractivity contribution >= 4 is 22.6 Å². The minimum absolute atomic E-state index is 0.0654. The summed E-state index contributed by atoms with van der Waals surface area (Å²) in [4.78, 5) is 21.6. The molecule has 5 rings (SSSR count). The van der Waals surface area contributed by atoms with E-state index in [1.54, 1.807) is 6.20 Å². The highest BCUT2D eigenvalue weighted by Crippen LogP contribution is 2.47. The second-order valence-electron chi connectivity index (χ2n) is 6.56. The Hall–Kier alpha value is -2.75. The number of aryl methyl sites for hydroxylation is 1. The van der Waals surface area contributed by atoms with Crippen LogP contribution in [0.1, 0.15) is 36.2 Å². The molecular weight excluding hydrogens is 310 g/mol. The van der Waals surface area contributed by atoms with Gasteiger partial charge in [-0.15, -0.1) is 0 Å². The maximum absolute atomic E-state index is 12.7. The molecule has 1 atom stereocenters. The summed E-state index contributed by atoms with van der Waals surface area (Å²) in [6, 6.07) is 12.4. The molecule has 0 saturated carbocycles. The van der Waals surface area contributed by atoms with E-state index in [0.29, 0.717) is 5.82 Å². The largest absolute Gasteiger partial charge is 0.310 e. The third-order valence-corrected chi connectivity index (χ3v) is 5.12. The van der Waals surface area contributed by atoms with Crippen molar-refractivity contribution in [1.82, 2.24) is 9.97 Å². The zero-order chi connectivity index (χ0) is 17.6. The summed E-state index contributed by atoms with van der Waals surface area (Å²) in [5.74, 6) is 0.777. The summed E-state index contributed by atoms with van der Waals surface area (Å²) in [5.41, 5.74) is 5.01. The van der Waals surface area contributed by atoms with Crippen LogP contribution < -0.4 is 5.32 Å². The number of carbonyl (C=O) groups excluding carboxylic acids is 1. The molecule has 25 heavy (non-hydrogen) atoms. The lowest BCUT2D eigenvalue weighted by Gasteiger charge is -2.20. The number of aromatic nitrogens is 2. The van der Waals surface area contributed by atoms with Gasteiger partial charge >= 0.3 is 0 Å². The normalized spacial score (nSPS) is 20.0. The van der Waals surface area contributed by atoms with Crippen LogP contribution in [0.25, 0.3) is 10.9 Å². The molecule has 4 heteroatoms. The maximum atomic E-state index is 12.7. The molecule has 2 aromatic heterocycles. The molecule has 1 spiro atoms. The van der Waals surface area contributed by atoms with E-state index < -0.39 is 5.41 Å². The highest BCUT2D eigenvalue weighted by molar-refractivity contribution is 6.06. The van der Waals surface area contributed by atoms with Gasteiger partial charge in [-0.25, -0.2) is 4.98 Å². The fourth-order valence-corrected chi connectivity index (χ4v) is 4.00. The van der Waals surface area contributed by atoms with Gasteiger partial charge in [-0.3, -0.25) is 9.78 Å². The number of nitrogens with zero attached hydrogens (tertiary/aromatic N) is 2. The molecule has 126 valence electrons. The van der Waals surface area contributed by atoms with Gasteiger partial charge in [-0.05, 0) is 55.2 Å². The predicted molar refractivity (Wildman–Crippen MR) is 99.8 cm³/mol. The Balaban J connectivity index is 0.000000758. The van der Waals surface area contributed by atoms with E-state index >= 15 is 0 Å². The molecule has 0 saturated heterocycles. The minimum Gasteiger partial charge on any atom is -0.310 e. The first-order chi connectivity index (χ1) is 12.2. The van der Waals surface area contributed by atoms with Gasteiger partial charge in [-0.2, -0.15) is 0 Å². The Kier molecular flexibility index (Phi) is 3.57. The molecule has 1 amide bonds. The van der Waals surface area contributed by atoms with Crippen LogP contribution in [-0.4, -0.2) is 15.9 Å². The zero-order valence-corrected chi connectivity index (χ0v) is 14.8. The molecule has 3 heterocycles.